The molecule has 0 aliphatic carbocycles. The van der Waals surface area contributed by atoms with Crippen LogP contribution >= 0.6 is 0 Å². The molecule has 5 heteroatoms. The Morgan fingerprint density at radius 1 is 1.62 bits per heavy atom. The van der Waals surface area contributed by atoms with Gasteiger partial charge in [0.2, 0.25) is 0 Å². The molecule has 1 aliphatic rings. The van der Waals surface area contributed by atoms with E-state index in [4.69, 9.17) is 9.47 Å². The fraction of sp³-hybridized carbons (Fsp3) is 0.375. The second-order valence-corrected chi connectivity index (χ2v) is 2.67. The minimum atomic E-state index is 0.0215. The third-order valence-corrected chi connectivity index (χ3v) is 1.74. The lowest BCUT2D eigenvalue weighted by Gasteiger charge is -2.14. The molecule has 68 valence electrons. The number of Topliss-reactive ketones (excluding diaryl/α,β-unsaturated/α-hetero) is 1. The number of ether oxygens (including phenoxy) is 2. The summed E-state index contributed by atoms with van der Waals surface area (Å²) in [6.45, 7) is 0.114. The van der Waals surface area contributed by atoms with Crippen LogP contribution < -0.4 is 9.47 Å². The molecule has 0 bridgehead atoms. The van der Waals surface area contributed by atoms with Crippen LogP contribution in [0.1, 0.15) is 5.69 Å². The van der Waals surface area contributed by atoms with Crippen molar-refractivity contribution in [3.63, 3.8) is 0 Å². The quantitative estimate of drug-likeness (QED) is 0.608. The highest BCUT2D eigenvalue weighted by Gasteiger charge is 2.19. The van der Waals surface area contributed by atoms with E-state index >= 15 is 0 Å². The molecule has 5 nitrogen and oxygen atoms in total. The third kappa shape index (κ3) is 1.44. The molecule has 1 aromatic rings. The zero-order valence-corrected chi connectivity index (χ0v) is 7.11. The van der Waals surface area contributed by atoms with Crippen molar-refractivity contribution in [2.24, 2.45) is 0 Å². The van der Waals surface area contributed by atoms with Gasteiger partial charge in [-0.25, -0.2) is 0 Å². The highest BCUT2D eigenvalue weighted by atomic mass is 16.5. The Labute approximate surface area is 74.7 Å². The van der Waals surface area contributed by atoms with Crippen molar-refractivity contribution in [1.82, 2.24) is 9.97 Å². The van der Waals surface area contributed by atoms with Gasteiger partial charge in [-0.2, -0.15) is 9.97 Å². The Kier molecular flexibility index (Phi) is 1.84. The SMILES string of the molecule is COc1ncc2c(n1)CC(=O)CO2. The van der Waals surface area contributed by atoms with Crippen LogP contribution in [0.25, 0.3) is 0 Å². The van der Waals surface area contributed by atoms with Crippen molar-refractivity contribution in [2.45, 2.75) is 6.42 Å². The summed E-state index contributed by atoms with van der Waals surface area (Å²) < 4.78 is 9.93. The van der Waals surface area contributed by atoms with Gasteiger partial charge in [-0.15, -0.1) is 0 Å². The van der Waals surface area contributed by atoms with Gasteiger partial charge in [-0.3, -0.25) is 4.79 Å². The number of hydrogen-bond donors (Lipinski definition) is 0. The van der Waals surface area contributed by atoms with Gasteiger partial charge in [0.1, 0.15) is 6.61 Å². The molecule has 0 fully saturated rings. The van der Waals surface area contributed by atoms with Crippen molar-refractivity contribution in [1.29, 1.82) is 0 Å². The van der Waals surface area contributed by atoms with Crippen LogP contribution in [0.2, 0.25) is 0 Å². The van der Waals surface area contributed by atoms with Gasteiger partial charge in [0, 0.05) is 0 Å². The van der Waals surface area contributed by atoms with E-state index < -0.39 is 0 Å². The molecule has 0 aromatic carbocycles. The first-order valence-corrected chi connectivity index (χ1v) is 3.84. The van der Waals surface area contributed by atoms with Crippen molar-refractivity contribution in [3.05, 3.63) is 11.9 Å². The van der Waals surface area contributed by atoms with Crippen LogP contribution in [0.5, 0.6) is 11.8 Å². The first-order chi connectivity index (χ1) is 6.29. The number of ketones is 1. The summed E-state index contributed by atoms with van der Waals surface area (Å²) >= 11 is 0. The zero-order chi connectivity index (χ0) is 9.26. The Balaban J connectivity index is 2.38. The van der Waals surface area contributed by atoms with E-state index in [9.17, 15) is 4.79 Å². The van der Waals surface area contributed by atoms with E-state index in [0.717, 1.165) is 0 Å². The van der Waals surface area contributed by atoms with Gasteiger partial charge in [-0.1, -0.05) is 0 Å². The van der Waals surface area contributed by atoms with E-state index in [0.29, 0.717) is 17.9 Å². The lowest BCUT2D eigenvalue weighted by molar-refractivity contribution is -0.121. The molecule has 13 heavy (non-hydrogen) atoms. The summed E-state index contributed by atoms with van der Waals surface area (Å²) in [5, 5.41) is 0. The summed E-state index contributed by atoms with van der Waals surface area (Å²) in [5.41, 5.74) is 0.600. The van der Waals surface area contributed by atoms with Crippen molar-refractivity contribution < 1.29 is 14.3 Å². The predicted molar refractivity (Wildman–Crippen MR) is 42.8 cm³/mol. The fourth-order valence-electron chi connectivity index (χ4n) is 1.13. The van der Waals surface area contributed by atoms with Crippen LogP contribution in [-0.2, 0) is 11.2 Å². The maximum Gasteiger partial charge on any atom is 0.316 e. The lowest BCUT2D eigenvalue weighted by atomic mass is 10.2. The highest BCUT2D eigenvalue weighted by molar-refractivity contribution is 5.83. The van der Waals surface area contributed by atoms with Gasteiger partial charge in [0.25, 0.3) is 0 Å². The van der Waals surface area contributed by atoms with Crippen LogP contribution in [-0.4, -0.2) is 29.5 Å². The minimum Gasteiger partial charge on any atom is -0.482 e. The lowest BCUT2D eigenvalue weighted by Crippen LogP contribution is -2.21. The molecular formula is C8H8N2O3. The first kappa shape index (κ1) is 7.97. The van der Waals surface area contributed by atoms with Gasteiger partial charge in [0.05, 0.1) is 25.4 Å². The number of fused-ring (bicyclic) bond motifs is 1. The molecule has 0 atom stereocenters. The summed E-state index contributed by atoms with van der Waals surface area (Å²) in [6, 6.07) is 0.261. The van der Waals surface area contributed by atoms with Gasteiger partial charge in [0.15, 0.2) is 11.5 Å². The van der Waals surface area contributed by atoms with E-state index in [1.807, 2.05) is 0 Å². The molecule has 0 radical (unpaired) electrons. The summed E-state index contributed by atoms with van der Waals surface area (Å²) in [4.78, 5) is 18.9. The van der Waals surface area contributed by atoms with Gasteiger partial charge < -0.3 is 9.47 Å². The smallest absolute Gasteiger partial charge is 0.316 e. The summed E-state index contributed by atoms with van der Waals surface area (Å²) in [5.74, 6) is 0.591. The van der Waals surface area contributed by atoms with Crippen molar-refractivity contribution >= 4 is 5.78 Å². The van der Waals surface area contributed by atoms with E-state index in [1.54, 1.807) is 0 Å². The van der Waals surface area contributed by atoms with E-state index in [2.05, 4.69) is 9.97 Å². The standard InChI is InChI=1S/C8H8N2O3/c1-12-8-9-3-7-6(10-8)2-5(11)4-13-7/h3H,2,4H2,1H3. The number of nitrogens with zero attached hydrogens (tertiary/aromatic N) is 2. The normalized spacial score (nSPS) is 14.7. The Bertz CT molecular complexity index is 351. The molecule has 0 saturated heterocycles. The molecule has 1 aliphatic heterocycles. The third-order valence-electron chi connectivity index (χ3n) is 1.74. The zero-order valence-electron chi connectivity index (χ0n) is 7.11. The maximum absolute atomic E-state index is 11.0. The van der Waals surface area contributed by atoms with Gasteiger partial charge >= 0.3 is 6.01 Å². The molecule has 2 rings (SSSR count). The first-order valence-electron chi connectivity index (χ1n) is 3.84. The van der Waals surface area contributed by atoms with Crippen molar-refractivity contribution in [3.8, 4) is 11.8 Å². The van der Waals surface area contributed by atoms with Crippen LogP contribution in [0.4, 0.5) is 0 Å². The number of carbonyl (C=O) groups excluding carboxylic acids is 1. The number of rotatable bonds is 1. The molecular weight excluding hydrogens is 172 g/mol. The average molecular weight is 180 g/mol. The Hall–Kier alpha value is -1.65. The van der Waals surface area contributed by atoms with E-state index in [-0.39, 0.29) is 18.4 Å². The predicted octanol–water partition coefficient (Wildman–Crippen LogP) is -0.0108. The average Bonchev–Trinajstić information content (AvgIpc) is 2.16. The number of methoxy groups -OCH3 is 1. The van der Waals surface area contributed by atoms with Crippen LogP contribution in [0.15, 0.2) is 6.20 Å². The molecule has 0 spiro atoms. The monoisotopic (exact) mass is 180 g/mol. The number of carbonyl (C=O) groups is 1. The summed E-state index contributed by atoms with van der Waals surface area (Å²) in [6.07, 6.45) is 1.82. The highest BCUT2D eigenvalue weighted by Crippen LogP contribution is 2.21. The maximum atomic E-state index is 11.0. The fourth-order valence-corrected chi connectivity index (χ4v) is 1.13. The molecule has 0 N–H and O–H groups in total. The molecule has 2 heterocycles. The number of aromatic nitrogens is 2. The van der Waals surface area contributed by atoms with Gasteiger partial charge in [-0.05, 0) is 0 Å². The second-order valence-electron chi connectivity index (χ2n) is 2.67. The second kappa shape index (κ2) is 3.01. The largest absolute Gasteiger partial charge is 0.482 e. The molecule has 1 aromatic heterocycles. The molecule has 0 saturated carbocycles. The topological polar surface area (TPSA) is 61.3 Å². The number of hydrogen-bond acceptors (Lipinski definition) is 5. The Morgan fingerprint density at radius 3 is 3.23 bits per heavy atom. The van der Waals surface area contributed by atoms with Crippen LogP contribution in [0, 0.1) is 0 Å². The van der Waals surface area contributed by atoms with E-state index in [1.165, 1.54) is 13.3 Å². The molecule has 0 amide bonds. The van der Waals surface area contributed by atoms with Crippen LogP contribution in [0.3, 0.4) is 0 Å². The van der Waals surface area contributed by atoms with Crippen molar-refractivity contribution in [2.75, 3.05) is 13.7 Å². The Morgan fingerprint density at radius 2 is 2.46 bits per heavy atom. The summed E-state index contributed by atoms with van der Waals surface area (Å²) in [7, 11) is 1.48. The molecule has 0 unspecified atom stereocenters. The minimum absolute atomic E-state index is 0.0215.